The Kier molecular flexibility index (Phi) is 4.00. The number of fused-ring (bicyclic) bond motifs is 1. The van der Waals surface area contributed by atoms with Gasteiger partial charge in [0.05, 0.1) is 5.52 Å². The molecule has 0 fully saturated rings. The summed E-state index contributed by atoms with van der Waals surface area (Å²) in [5, 5.41) is 1.41. The van der Waals surface area contributed by atoms with Gasteiger partial charge in [0, 0.05) is 11.1 Å². The maximum Gasteiger partial charge on any atom is 0.0711 e. The summed E-state index contributed by atoms with van der Waals surface area (Å²) >= 11 is 0. The molecule has 0 radical (unpaired) electrons. The third-order valence-electron chi connectivity index (χ3n) is 3.82. The first-order chi connectivity index (χ1) is 8.76. The van der Waals surface area contributed by atoms with E-state index in [4.69, 9.17) is 4.98 Å². The van der Waals surface area contributed by atoms with Crippen LogP contribution in [0.25, 0.3) is 10.9 Å². The standard InChI is InChI=1S/C17H23N/c1-5-12-10-9-11-16-17(12)14(7-3)13(6-2)15(8-4)18-16/h9-11H,5-8H2,1-4H3. The molecule has 0 atom stereocenters. The monoisotopic (exact) mass is 241 g/mol. The van der Waals surface area contributed by atoms with Gasteiger partial charge in [0.2, 0.25) is 0 Å². The molecule has 0 N–H and O–H groups in total. The van der Waals surface area contributed by atoms with E-state index in [0.29, 0.717) is 0 Å². The molecule has 0 saturated carbocycles. The van der Waals surface area contributed by atoms with Crippen LogP contribution in [0.4, 0.5) is 0 Å². The molecule has 2 aromatic rings. The summed E-state index contributed by atoms with van der Waals surface area (Å²) in [5.74, 6) is 0. The predicted molar refractivity (Wildman–Crippen MR) is 79.3 cm³/mol. The molecule has 0 saturated heterocycles. The third-order valence-corrected chi connectivity index (χ3v) is 3.82. The Labute approximate surface area is 110 Å². The van der Waals surface area contributed by atoms with Crippen LogP contribution < -0.4 is 0 Å². The SMILES string of the molecule is CCc1nc2cccc(CC)c2c(CC)c1CC. The first-order valence-electron chi connectivity index (χ1n) is 7.18. The number of benzene rings is 1. The predicted octanol–water partition coefficient (Wildman–Crippen LogP) is 4.48. The largest absolute Gasteiger partial charge is 0.253 e. The van der Waals surface area contributed by atoms with Crippen molar-refractivity contribution in [2.75, 3.05) is 0 Å². The van der Waals surface area contributed by atoms with Crippen LogP contribution in [0.2, 0.25) is 0 Å². The lowest BCUT2D eigenvalue weighted by molar-refractivity contribution is 0.944. The molecule has 0 aliphatic rings. The van der Waals surface area contributed by atoms with Gasteiger partial charge in [-0.3, -0.25) is 4.98 Å². The second kappa shape index (κ2) is 5.51. The minimum atomic E-state index is 1.03. The maximum atomic E-state index is 4.88. The van der Waals surface area contributed by atoms with Crippen molar-refractivity contribution in [1.29, 1.82) is 0 Å². The molecule has 1 nitrogen and oxygen atoms in total. The number of nitrogens with zero attached hydrogens (tertiary/aromatic N) is 1. The van der Waals surface area contributed by atoms with E-state index < -0.39 is 0 Å². The van der Waals surface area contributed by atoms with Gasteiger partial charge >= 0.3 is 0 Å². The Hall–Kier alpha value is -1.37. The normalized spacial score (nSPS) is 11.1. The Balaban J connectivity index is 2.88. The van der Waals surface area contributed by atoms with Crippen LogP contribution in [0.15, 0.2) is 18.2 Å². The molecule has 0 aliphatic carbocycles. The zero-order valence-corrected chi connectivity index (χ0v) is 12.0. The number of rotatable bonds is 4. The van der Waals surface area contributed by atoms with E-state index in [9.17, 15) is 0 Å². The second-order valence-corrected chi connectivity index (χ2v) is 4.74. The highest BCUT2D eigenvalue weighted by molar-refractivity contribution is 5.87. The van der Waals surface area contributed by atoms with Gasteiger partial charge in [0.25, 0.3) is 0 Å². The van der Waals surface area contributed by atoms with E-state index >= 15 is 0 Å². The number of aryl methyl sites for hydroxylation is 3. The Morgan fingerprint density at radius 3 is 2.11 bits per heavy atom. The summed E-state index contributed by atoms with van der Waals surface area (Å²) < 4.78 is 0. The van der Waals surface area contributed by atoms with Crippen LogP contribution >= 0.6 is 0 Å². The molecule has 1 aromatic heterocycles. The molecule has 0 bridgehead atoms. The van der Waals surface area contributed by atoms with Gasteiger partial charge in [-0.25, -0.2) is 0 Å². The van der Waals surface area contributed by atoms with Gasteiger partial charge in [-0.15, -0.1) is 0 Å². The number of hydrogen-bond donors (Lipinski definition) is 0. The second-order valence-electron chi connectivity index (χ2n) is 4.74. The van der Waals surface area contributed by atoms with Gasteiger partial charge in [0.15, 0.2) is 0 Å². The van der Waals surface area contributed by atoms with Crippen molar-refractivity contribution < 1.29 is 0 Å². The minimum absolute atomic E-state index is 1.03. The van der Waals surface area contributed by atoms with Crippen LogP contribution in [0.3, 0.4) is 0 Å². The van der Waals surface area contributed by atoms with Crippen LogP contribution in [-0.2, 0) is 25.7 Å². The molecule has 96 valence electrons. The zero-order chi connectivity index (χ0) is 13.1. The molecule has 18 heavy (non-hydrogen) atoms. The molecular formula is C17H23N. The fraction of sp³-hybridized carbons (Fsp3) is 0.471. The minimum Gasteiger partial charge on any atom is -0.253 e. The van der Waals surface area contributed by atoms with E-state index in [-0.39, 0.29) is 0 Å². The van der Waals surface area contributed by atoms with Gasteiger partial charge in [0.1, 0.15) is 0 Å². The van der Waals surface area contributed by atoms with Crippen molar-refractivity contribution in [2.24, 2.45) is 0 Å². The van der Waals surface area contributed by atoms with Crippen LogP contribution in [0.5, 0.6) is 0 Å². The Morgan fingerprint density at radius 1 is 0.833 bits per heavy atom. The van der Waals surface area contributed by atoms with E-state index in [2.05, 4.69) is 45.9 Å². The van der Waals surface area contributed by atoms with Gasteiger partial charge in [-0.1, -0.05) is 39.8 Å². The summed E-state index contributed by atoms with van der Waals surface area (Å²) in [6, 6.07) is 6.54. The number of hydrogen-bond acceptors (Lipinski definition) is 1. The van der Waals surface area contributed by atoms with Crippen LogP contribution in [-0.4, -0.2) is 4.98 Å². The van der Waals surface area contributed by atoms with Crippen molar-refractivity contribution in [1.82, 2.24) is 4.98 Å². The smallest absolute Gasteiger partial charge is 0.0711 e. The van der Waals surface area contributed by atoms with Crippen molar-refractivity contribution >= 4 is 10.9 Å². The van der Waals surface area contributed by atoms with Crippen molar-refractivity contribution in [3.63, 3.8) is 0 Å². The molecule has 1 aromatic carbocycles. The Morgan fingerprint density at radius 2 is 1.56 bits per heavy atom. The fourth-order valence-electron chi connectivity index (χ4n) is 2.96. The lowest BCUT2D eigenvalue weighted by Crippen LogP contribution is -2.04. The van der Waals surface area contributed by atoms with Crippen molar-refractivity contribution in [3.8, 4) is 0 Å². The van der Waals surface area contributed by atoms with Gasteiger partial charge < -0.3 is 0 Å². The number of pyridine rings is 1. The summed E-state index contributed by atoms with van der Waals surface area (Å²) in [4.78, 5) is 4.88. The average molecular weight is 241 g/mol. The molecule has 2 rings (SSSR count). The van der Waals surface area contributed by atoms with Crippen molar-refractivity contribution in [2.45, 2.75) is 53.4 Å². The molecule has 0 unspecified atom stereocenters. The summed E-state index contributed by atoms with van der Waals surface area (Å²) in [7, 11) is 0. The quantitative estimate of drug-likeness (QED) is 0.769. The zero-order valence-electron chi connectivity index (χ0n) is 12.0. The molecule has 0 amide bonds. The molecule has 1 heteroatoms. The van der Waals surface area contributed by atoms with Gasteiger partial charge in [-0.2, -0.15) is 0 Å². The third kappa shape index (κ3) is 2.03. The topological polar surface area (TPSA) is 12.9 Å². The van der Waals surface area contributed by atoms with E-state index in [1.54, 1.807) is 0 Å². The van der Waals surface area contributed by atoms with Crippen LogP contribution in [0.1, 0.15) is 50.1 Å². The van der Waals surface area contributed by atoms with E-state index in [1.807, 2.05) is 0 Å². The first kappa shape index (κ1) is 13.1. The molecule has 0 spiro atoms. The number of aromatic nitrogens is 1. The first-order valence-corrected chi connectivity index (χ1v) is 7.18. The summed E-state index contributed by atoms with van der Waals surface area (Å²) in [5.41, 5.74) is 6.91. The van der Waals surface area contributed by atoms with E-state index in [1.165, 1.54) is 33.3 Å². The average Bonchev–Trinajstić information content (AvgIpc) is 2.43. The van der Waals surface area contributed by atoms with Crippen LogP contribution in [0, 0.1) is 0 Å². The highest BCUT2D eigenvalue weighted by atomic mass is 14.7. The van der Waals surface area contributed by atoms with E-state index in [0.717, 1.165) is 25.7 Å². The summed E-state index contributed by atoms with van der Waals surface area (Å²) in [6.45, 7) is 8.94. The molecule has 0 aliphatic heterocycles. The highest BCUT2D eigenvalue weighted by Gasteiger charge is 2.13. The lowest BCUT2D eigenvalue weighted by Gasteiger charge is -2.16. The van der Waals surface area contributed by atoms with Crippen molar-refractivity contribution in [3.05, 3.63) is 40.6 Å². The molecule has 1 heterocycles. The van der Waals surface area contributed by atoms with Gasteiger partial charge in [-0.05, 0) is 48.4 Å². The lowest BCUT2D eigenvalue weighted by atomic mass is 9.92. The maximum absolute atomic E-state index is 4.88. The molecular weight excluding hydrogens is 218 g/mol. The Bertz CT molecular complexity index is 555. The summed E-state index contributed by atoms with van der Waals surface area (Å²) in [6.07, 6.45) is 4.31. The fourth-order valence-corrected chi connectivity index (χ4v) is 2.96. The highest BCUT2D eigenvalue weighted by Crippen LogP contribution is 2.28.